The van der Waals surface area contributed by atoms with Gasteiger partial charge in [-0.1, -0.05) is 11.6 Å². The number of hydrogen-bond donors (Lipinski definition) is 1. The quantitative estimate of drug-likeness (QED) is 0.632. The predicted octanol–water partition coefficient (Wildman–Crippen LogP) is 2.54. The van der Waals surface area contributed by atoms with E-state index in [4.69, 9.17) is 11.6 Å². The van der Waals surface area contributed by atoms with Crippen molar-refractivity contribution in [3.8, 4) is 0 Å². The third-order valence-electron chi connectivity index (χ3n) is 2.50. The number of imidazole rings is 1. The molecule has 0 radical (unpaired) electrons. The van der Waals surface area contributed by atoms with E-state index < -0.39 is 14.9 Å². The molecule has 0 amide bonds. The van der Waals surface area contributed by atoms with Crippen molar-refractivity contribution in [2.75, 3.05) is 4.72 Å². The van der Waals surface area contributed by atoms with Crippen molar-refractivity contribution >= 4 is 48.9 Å². The molecule has 1 aromatic carbocycles. The summed E-state index contributed by atoms with van der Waals surface area (Å²) in [5, 5.41) is 10.3. The number of anilines is 1. The second-order valence-corrected chi connectivity index (χ2v) is 6.79. The normalized spacial score (nSPS) is 11.4. The molecule has 8 nitrogen and oxygen atoms in total. The number of nitro groups is 1. The van der Waals surface area contributed by atoms with Gasteiger partial charge in [0, 0.05) is 23.7 Å². The molecule has 1 aromatic heterocycles. The minimum absolute atomic E-state index is 0.0412. The molecular weight excluding hydrogens is 388 g/mol. The Morgan fingerprint density at radius 3 is 2.62 bits per heavy atom. The monoisotopic (exact) mass is 394 g/mol. The third kappa shape index (κ3) is 3.17. The van der Waals surface area contributed by atoms with Gasteiger partial charge < -0.3 is 4.57 Å². The number of halogens is 2. The molecule has 0 spiro atoms. The van der Waals surface area contributed by atoms with Crippen LogP contribution in [0, 0.1) is 10.1 Å². The van der Waals surface area contributed by atoms with E-state index in [1.54, 1.807) is 7.05 Å². The van der Waals surface area contributed by atoms with Gasteiger partial charge in [-0.3, -0.25) is 14.8 Å². The molecule has 0 bridgehead atoms. The minimum atomic E-state index is -3.99. The fraction of sp³-hybridized carbons (Fsp3) is 0.100. The number of nitrogens with one attached hydrogen (secondary N) is 1. The summed E-state index contributed by atoms with van der Waals surface area (Å²) in [6.45, 7) is 0. The smallest absolute Gasteiger partial charge is 0.282 e. The fourth-order valence-corrected chi connectivity index (χ4v) is 3.58. The Morgan fingerprint density at radius 2 is 2.14 bits per heavy atom. The summed E-state index contributed by atoms with van der Waals surface area (Å²) in [4.78, 5) is 13.8. The zero-order valence-electron chi connectivity index (χ0n) is 10.4. The Hall–Kier alpha value is -1.65. The van der Waals surface area contributed by atoms with E-state index >= 15 is 0 Å². The van der Waals surface area contributed by atoms with E-state index in [2.05, 4.69) is 25.6 Å². The summed E-state index contributed by atoms with van der Waals surface area (Å²) in [6.07, 6.45) is 1.27. The highest BCUT2D eigenvalue weighted by Gasteiger charge is 2.23. The maximum absolute atomic E-state index is 12.2. The van der Waals surface area contributed by atoms with E-state index in [0.717, 1.165) is 0 Å². The van der Waals surface area contributed by atoms with Gasteiger partial charge >= 0.3 is 0 Å². The van der Waals surface area contributed by atoms with Crippen LogP contribution in [0.3, 0.4) is 0 Å². The van der Waals surface area contributed by atoms with Crippen molar-refractivity contribution in [2.45, 2.75) is 5.03 Å². The molecule has 0 saturated heterocycles. The molecule has 0 unspecified atom stereocenters. The minimum Gasteiger partial charge on any atom is -0.324 e. The number of aryl methyl sites for hydroxylation is 1. The van der Waals surface area contributed by atoms with Crippen molar-refractivity contribution < 1.29 is 13.3 Å². The lowest BCUT2D eigenvalue weighted by Gasteiger charge is -2.08. The molecule has 0 saturated carbocycles. The van der Waals surface area contributed by atoms with Gasteiger partial charge in [-0.25, -0.2) is 4.98 Å². The second-order valence-electron chi connectivity index (χ2n) is 3.98. The van der Waals surface area contributed by atoms with Crippen LogP contribution >= 0.6 is 27.5 Å². The molecule has 112 valence electrons. The average Bonchev–Trinajstić information content (AvgIpc) is 2.72. The summed E-state index contributed by atoms with van der Waals surface area (Å²) >= 11 is 8.92. The van der Waals surface area contributed by atoms with Crippen LogP contribution in [0.2, 0.25) is 5.15 Å². The van der Waals surface area contributed by atoms with E-state index in [0.29, 0.717) is 0 Å². The zero-order valence-corrected chi connectivity index (χ0v) is 13.6. The number of benzene rings is 1. The summed E-state index contributed by atoms with van der Waals surface area (Å²) in [5.41, 5.74) is -0.0250. The van der Waals surface area contributed by atoms with Crippen LogP contribution in [-0.4, -0.2) is 22.9 Å². The number of nitro benzene ring substituents is 1. The third-order valence-corrected chi connectivity index (χ3v) is 5.01. The molecule has 0 aliphatic carbocycles. The Morgan fingerprint density at radius 1 is 1.48 bits per heavy atom. The van der Waals surface area contributed by atoms with E-state index in [1.165, 1.54) is 29.1 Å². The van der Waals surface area contributed by atoms with Gasteiger partial charge in [-0.2, -0.15) is 8.42 Å². The van der Waals surface area contributed by atoms with Crippen LogP contribution in [0.15, 0.2) is 34.0 Å². The lowest BCUT2D eigenvalue weighted by atomic mass is 10.3. The summed E-state index contributed by atoms with van der Waals surface area (Å²) < 4.78 is 28.2. The first-order valence-electron chi connectivity index (χ1n) is 5.36. The van der Waals surface area contributed by atoms with Crippen LogP contribution in [-0.2, 0) is 17.1 Å². The molecule has 0 aliphatic heterocycles. The van der Waals surface area contributed by atoms with Crippen molar-refractivity contribution in [1.29, 1.82) is 0 Å². The first-order valence-corrected chi connectivity index (χ1v) is 8.01. The van der Waals surface area contributed by atoms with Crippen molar-refractivity contribution in [2.24, 2.45) is 7.05 Å². The highest BCUT2D eigenvalue weighted by atomic mass is 79.9. The fourth-order valence-electron chi connectivity index (χ4n) is 1.47. The molecule has 11 heteroatoms. The average molecular weight is 396 g/mol. The Bertz CT molecular complexity index is 820. The van der Waals surface area contributed by atoms with Crippen molar-refractivity contribution in [1.82, 2.24) is 9.55 Å². The molecule has 0 fully saturated rings. The number of sulfonamides is 1. The number of nitrogens with zero attached hydrogens (tertiary/aromatic N) is 3. The number of rotatable bonds is 4. The lowest BCUT2D eigenvalue weighted by Crippen LogP contribution is -2.14. The summed E-state index contributed by atoms with van der Waals surface area (Å²) in [5.74, 6) is 0. The largest absolute Gasteiger partial charge is 0.324 e. The highest BCUT2D eigenvalue weighted by Crippen LogP contribution is 2.29. The molecule has 21 heavy (non-hydrogen) atoms. The first-order chi connectivity index (χ1) is 9.72. The molecule has 1 N–H and O–H groups in total. The SMILES string of the molecule is Cn1cnc(S(=O)(=O)Nc2ccc([N+](=O)[O-])cc2Br)c1Cl. The van der Waals surface area contributed by atoms with Gasteiger partial charge in [0.2, 0.25) is 5.03 Å². The van der Waals surface area contributed by atoms with Crippen LogP contribution in [0.5, 0.6) is 0 Å². The van der Waals surface area contributed by atoms with Gasteiger partial charge in [0.25, 0.3) is 15.7 Å². The van der Waals surface area contributed by atoms with E-state index in [1.807, 2.05) is 0 Å². The van der Waals surface area contributed by atoms with Crippen LogP contribution in [0.25, 0.3) is 0 Å². The topological polar surface area (TPSA) is 107 Å². The standard InChI is InChI=1S/C10H8BrClN4O4S/c1-15-5-13-10(9(15)12)21(19,20)14-8-3-2-6(16(17)18)4-7(8)11/h2-5,14H,1H3. The molecule has 1 heterocycles. The highest BCUT2D eigenvalue weighted by molar-refractivity contribution is 9.10. The van der Waals surface area contributed by atoms with Crippen molar-refractivity contribution in [3.63, 3.8) is 0 Å². The predicted molar refractivity (Wildman–Crippen MR) is 79.8 cm³/mol. The van der Waals surface area contributed by atoms with Crippen LogP contribution in [0.1, 0.15) is 0 Å². The van der Waals surface area contributed by atoms with Crippen molar-refractivity contribution in [3.05, 3.63) is 44.3 Å². The van der Waals surface area contributed by atoms with Gasteiger partial charge in [-0.05, 0) is 22.0 Å². The first kappa shape index (κ1) is 15.7. The molecule has 0 atom stereocenters. The number of non-ortho nitro benzene ring substituents is 1. The molecule has 0 aliphatic rings. The number of hydrogen-bond acceptors (Lipinski definition) is 5. The van der Waals surface area contributed by atoms with Gasteiger partial charge in [0.1, 0.15) is 5.15 Å². The van der Waals surface area contributed by atoms with Gasteiger partial charge in [-0.15, -0.1) is 0 Å². The summed E-state index contributed by atoms with van der Waals surface area (Å²) in [6, 6.07) is 3.65. The van der Waals surface area contributed by atoms with Crippen LogP contribution in [0.4, 0.5) is 11.4 Å². The van der Waals surface area contributed by atoms with E-state index in [-0.39, 0.29) is 26.0 Å². The number of aromatic nitrogens is 2. The Balaban J connectivity index is 2.37. The Kier molecular flexibility index (Phi) is 4.21. The zero-order chi connectivity index (χ0) is 15.8. The van der Waals surface area contributed by atoms with E-state index in [9.17, 15) is 18.5 Å². The lowest BCUT2D eigenvalue weighted by molar-refractivity contribution is -0.384. The van der Waals surface area contributed by atoms with Gasteiger partial charge in [0.05, 0.1) is 16.9 Å². The maximum Gasteiger partial charge on any atom is 0.282 e. The maximum atomic E-state index is 12.2. The Labute approximate surface area is 133 Å². The molecule has 2 aromatic rings. The van der Waals surface area contributed by atoms with Crippen LogP contribution < -0.4 is 4.72 Å². The molecule has 2 rings (SSSR count). The molecular formula is C10H8BrClN4O4S. The van der Waals surface area contributed by atoms with Gasteiger partial charge in [0.15, 0.2) is 0 Å². The second kappa shape index (κ2) is 5.62. The summed E-state index contributed by atoms with van der Waals surface area (Å²) in [7, 11) is -2.44.